The molecule has 4 aromatic rings. The van der Waals surface area contributed by atoms with Crippen molar-refractivity contribution in [3.63, 3.8) is 0 Å². The molecule has 32 heavy (non-hydrogen) atoms. The summed E-state index contributed by atoms with van der Waals surface area (Å²) in [4.78, 5) is 14.0. The van der Waals surface area contributed by atoms with Gasteiger partial charge < -0.3 is 5.32 Å². The minimum Gasteiger partial charge on any atom is -0.350 e. The Labute approximate surface area is 195 Å². The van der Waals surface area contributed by atoms with Crippen LogP contribution in [0.1, 0.15) is 26.5 Å². The smallest absolute Gasteiger partial charge is 0.261 e. The van der Waals surface area contributed by atoms with Crippen LogP contribution in [0.3, 0.4) is 0 Å². The number of nitrogens with zero attached hydrogens (tertiary/aromatic N) is 2. The number of aryl methyl sites for hydroxylation is 1. The van der Waals surface area contributed by atoms with Gasteiger partial charge in [-0.15, -0.1) is 11.3 Å². The second-order valence-electron chi connectivity index (χ2n) is 7.50. The fraction of sp³-hybridized carbons (Fsp3) is 0.217. The van der Waals surface area contributed by atoms with Gasteiger partial charge in [-0.1, -0.05) is 60.1 Å². The van der Waals surface area contributed by atoms with E-state index in [9.17, 15) is 13.2 Å². The SMILES string of the molecule is Cc1nn(Cc2ccccc2Cl)c2sc(C(=O)NCCS(=O)(=O)Cc3ccccc3)cc12. The quantitative estimate of drug-likeness (QED) is 0.398. The van der Waals surface area contributed by atoms with Crippen molar-refractivity contribution >= 4 is 48.9 Å². The molecule has 2 heterocycles. The van der Waals surface area contributed by atoms with E-state index in [1.807, 2.05) is 54.1 Å². The van der Waals surface area contributed by atoms with Crippen molar-refractivity contribution in [2.75, 3.05) is 12.3 Å². The minimum absolute atomic E-state index is 0.0380. The lowest BCUT2D eigenvalue weighted by molar-refractivity contribution is 0.0960. The van der Waals surface area contributed by atoms with Gasteiger partial charge in [-0.05, 0) is 30.2 Å². The van der Waals surface area contributed by atoms with E-state index in [2.05, 4.69) is 10.4 Å². The van der Waals surface area contributed by atoms with Gasteiger partial charge in [0.05, 0.1) is 28.6 Å². The van der Waals surface area contributed by atoms with Gasteiger partial charge in [0.25, 0.3) is 5.91 Å². The Balaban J connectivity index is 1.42. The Kier molecular flexibility index (Phi) is 6.64. The number of fused-ring (bicyclic) bond motifs is 1. The number of amides is 1. The van der Waals surface area contributed by atoms with Crippen LogP contribution in [0, 0.1) is 6.92 Å². The Morgan fingerprint density at radius 1 is 1.12 bits per heavy atom. The molecule has 0 fully saturated rings. The van der Waals surface area contributed by atoms with Gasteiger partial charge in [-0.3, -0.25) is 9.48 Å². The number of carbonyl (C=O) groups excluding carboxylic acids is 1. The van der Waals surface area contributed by atoms with Crippen LogP contribution in [0.25, 0.3) is 10.2 Å². The summed E-state index contributed by atoms with van der Waals surface area (Å²) in [7, 11) is -3.32. The summed E-state index contributed by atoms with van der Waals surface area (Å²) in [5, 5.41) is 8.88. The molecule has 1 amide bonds. The standard InChI is InChI=1S/C23H22ClN3O3S2/c1-16-19-13-21(31-23(19)27(26-16)14-18-9-5-6-10-20(18)24)22(28)25-11-12-32(29,30)15-17-7-3-2-4-8-17/h2-10,13H,11-12,14-15H2,1H3,(H,25,28). The molecule has 2 aromatic heterocycles. The average molecular weight is 488 g/mol. The van der Waals surface area contributed by atoms with Crippen molar-refractivity contribution in [3.05, 3.63) is 87.4 Å². The summed E-state index contributed by atoms with van der Waals surface area (Å²) < 4.78 is 26.5. The molecule has 0 aliphatic heterocycles. The van der Waals surface area contributed by atoms with Gasteiger partial charge in [0.1, 0.15) is 4.83 Å². The number of rotatable bonds is 8. The number of hydrogen-bond donors (Lipinski definition) is 1. The number of benzene rings is 2. The molecular formula is C23H22ClN3O3S2. The fourth-order valence-corrected chi connectivity index (χ4v) is 5.96. The van der Waals surface area contributed by atoms with Gasteiger partial charge in [0, 0.05) is 17.0 Å². The van der Waals surface area contributed by atoms with Crippen molar-refractivity contribution in [3.8, 4) is 0 Å². The normalized spacial score (nSPS) is 11.7. The lowest BCUT2D eigenvalue weighted by Crippen LogP contribution is -2.29. The molecule has 0 spiro atoms. The predicted molar refractivity (Wildman–Crippen MR) is 129 cm³/mol. The van der Waals surface area contributed by atoms with Crippen molar-refractivity contribution in [1.82, 2.24) is 15.1 Å². The van der Waals surface area contributed by atoms with Crippen LogP contribution in [0.5, 0.6) is 0 Å². The highest BCUT2D eigenvalue weighted by Gasteiger charge is 2.18. The zero-order chi connectivity index (χ0) is 22.7. The Morgan fingerprint density at radius 3 is 2.59 bits per heavy atom. The third kappa shape index (κ3) is 5.20. The van der Waals surface area contributed by atoms with E-state index in [4.69, 9.17) is 11.6 Å². The Bertz CT molecular complexity index is 1360. The number of aromatic nitrogens is 2. The Morgan fingerprint density at radius 2 is 1.84 bits per heavy atom. The van der Waals surface area contributed by atoms with Crippen LogP contribution >= 0.6 is 22.9 Å². The summed E-state index contributed by atoms with van der Waals surface area (Å²) in [5.74, 6) is -0.438. The molecule has 0 aliphatic rings. The molecule has 0 atom stereocenters. The van der Waals surface area contributed by atoms with E-state index in [1.165, 1.54) is 11.3 Å². The molecular weight excluding hydrogens is 466 g/mol. The van der Waals surface area contributed by atoms with E-state index in [0.717, 1.165) is 27.0 Å². The van der Waals surface area contributed by atoms with Gasteiger partial charge in [0.2, 0.25) is 0 Å². The van der Waals surface area contributed by atoms with Gasteiger partial charge in [0.15, 0.2) is 9.84 Å². The summed E-state index contributed by atoms with van der Waals surface area (Å²) in [5.41, 5.74) is 2.51. The molecule has 0 saturated carbocycles. The second-order valence-corrected chi connectivity index (χ2v) is 11.1. The monoisotopic (exact) mass is 487 g/mol. The molecule has 1 N–H and O–H groups in total. The first-order valence-electron chi connectivity index (χ1n) is 10.1. The highest BCUT2D eigenvalue weighted by molar-refractivity contribution is 7.90. The summed E-state index contributed by atoms with van der Waals surface area (Å²) in [6.45, 7) is 2.46. The summed E-state index contributed by atoms with van der Waals surface area (Å²) >= 11 is 7.62. The van der Waals surface area contributed by atoms with E-state index < -0.39 is 9.84 Å². The molecule has 2 aromatic carbocycles. The second kappa shape index (κ2) is 9.44. The summed E-state index contributed by atoms with van der Waals surface area (Å²) in [6.07, 6.45) is 0. The number of nitrogens with one attached hydrogen (secondary N) is 1. The zero-order valence-electron chi connectivity index (χ0n) is 17.4. The number of halogens is 1. The molecule has 6 nitrogen and oxygen atoms in total. The van der Waals surface area contributed by atoms with Crippen LogP contribution in [-0.2, 0) is 22.1 Å². The number of hydrogen-bond acceptors (Lipinski definition) is 5. The first kappa shape index (κ1) is 22.5. The highest BCUT2D eigenvalue weighted by Crippen LogP contribution is 2.29. The van der Waals surface area contributed by atoms with Crippen LogP contribution in [-0.4, -0.2) is 36.4 Å². The molecule has 4 rings (SSSR count). The highest BCUT2D eigenvalue weighted by atomic mass is 35.5. The van der Waals surface area contributed by atoms with Crippen LogP contribution in [0.2, 0.25) is 5.02 Å². The zero-order valence-corrected chi connectivity index (χ0v) is 19.8. The van der Waals surface area contributed by atoms with Gasteiger partial charge in [-0.2, -0.15) is 5.10 Å². The maximum Gasteiger partial charge on any atom is 0.261 e. The predicted octanol–water partition coefficient (Wildman–Crippen LogP) is 4.45. The van der Waals surface area contributed by atoms with E-state index in [1.54, 1.807) is 18.2 Å². The lowest BCUT2D eigenvalue weighted by Gasteiger charge is -2.06. The van der Waals surface area contributed by atoms with E-state index in [0.29, 0.717) is 16.4 Å². The van der Waals surface area contributed by atoms with Gasteiger partial charge >= 0.3 is 0 Å². The van der Waals surface area contributed by atoms with Crippen molar-refractivity contribution in [2.24, 2.45) is 0 Å². The molecule has 0 radical (unpaired) electrons. The molecule has 0 aliphatic carbocycles. The average Bonchev–Trinajstić information content (AvgIpc) is 3.31. The first-order chi connectivity index (χ1) is 15.3. The maximum absolute atomic E-state index is 12.6. The third-order valence-corrected chi connectivity index (χ3v) is 8.15. The fourth-order valence-electron chi connectivity index (χ4n) is 3.43. The largest absolute Gasteiger partial charge is 0.350 e. The van der Waals surface area contributed by atoms with E-state index >= 15 is 0 Å². The van der Waals surface area contributed by atoms with Crippen LogP contribution in [0.4, 0.5) is 0 Å². The topological polar surface area (TPSA) is 81.1 Å². The van der Waals surface area contributed by atoms with Crippen molar-refractivity contribution in [1.29, 1.82) is 0 Å². The number of carbonyl (C=O) groups is 1. The third-order valence-electron chi connectivity index (χ3n) is 5.04. The number of thiophene rings is 1. The molecule has 0 bridgehead atoms. The summed E-state index contributed by atoms with van der Waals surface area (Å²) in [6, 6.07) is 18.4. The van der Waals surface area contributed by atoms with Crippen molar-refractivity contribution < 1.29 is 13.2 Å². The molecule has 9 heteroatoms. The number of sulfone groups is 1. The minimum atomic E-state index is -3.32. The van der Waals surface area contributed by atoms with Crippen molar-refractivity contribution in [2.45, 2.75) is 19.2 Å². The van der Waals surface area contributed by atoms with Gasteiger partial charge in [-0.25, -0.2) is 8.42 Å². The Hall–Kier alpha value is -2.68. The van der Waals surface area contributed by atoms with Crippen LogP contribution in [0.15, 0.2) is 60.7 Å². The van der Waals surface area contributed by atoms with E-state index in [-0.39, 0.29) is 24.0 Å². The van der Waals surface area contributed by atoms with Crippen LogP contribution < -0.4 is 5.32 Å². The first-order valence-corrected chi connectivity index (χ1v) is 13.1. The maximum atomic E-state index is 12.6. The molecule has 166 valence electrons. The molecule has 0 saturated heterocycles. The lowest BCUT2D eigenvalue weighted by atomic mass is 10.2. The molecule has 0 unspecified atom stereocenters.